The molecule has 0 fully saturated rings. The van der Waals surface area contributed by atoms with E-state index < -0.39 is 18.5 Å². The molecule has 0 atom stereocenters. The number of hydrogen-bond donors (Lipinski definition) is 1. The second-order valence-corrected chi connectivity index (χ2v) is 4.89. The van der Waals surface area contributed by atoms with Gasteiger partial charge in [-0.15, -0.1) is 0 Å². The summed E-state index contributed by atoms with van der Waals surface area (Å²) in [6.45, 7) is -0.411. The number of amides is 1. The number of esters is 1. The van der Waals surface area contributed by atoms with E-state index in [-0.39, 0.29) is 0 Å². The van der Waals surface area contributed by atoms with Crippen LogP contribution in [0.5, 0.6) is 0 Å². The van der Waals surface area contributed by atoms with E-state index in [0.29, 0.717) is 21.3 Å². The van der Waals surface area contributed by atoms with Gasteiger partial charge in [-0.05, 0) is 30.3 Å². The number of hydrogen-bond acceptors (Lipinski definition) is 4. The molecule has 0 bridgehead atoms. The van der Waals surface area contributed by atoms with Crippen LogP contribution in [0.2, 0.25) is 10.0 Å². The van der Waals surface area contributed by atoms with Gasteiger partial charge in [0.05, 0.1) is 5.56 Å². The zero-order valence-electron chi connectivity index (χ0n) is 10.7. The van der Waals surface area contributed by atoms with Crippen LogP contribution in [0.15, 0.2) is 42.7 Å². The monoisotopic (exact) mass is 324 g/mol. The van der Waals surface area contributed by atoms with Crippen molar-refractivity contribution in [3.63, 3.8) is 0 Å². The maximum absolute atomic E-state index is 11.7. The Labute approximate surface area is 130 Å². The molecule has 0 radical (unpaired) electrons. The molecule has 7 heteroatoms. The lowest BCUT2D eigenvalue weighted by Gasteiger charge is -2.07. The first-order valence-corrected chi connectivity index (χ1v) is 6.63. The van der Waals surface area contributed by atoms with E-state index in [9.17, 15) is 9.59 Å². The van der Waals surface area contributed by atoms with E-state index in [2.05, 4.69) is 10.3 Å². The predicted octanol–water partition coefficient (Wildman–Crippen LogP) is 3.18. The van der Waals surface area contributed by atoms with Gasteiger partial charge in [0, 0.05) is 28.1 Å². The number of benzene rings is 1. The normalized spacial score (nSPS) is 10.0. The molecular formula is C14H10Cl2N2O3. The Bertz CT molecular complexity index is 642. The number of carbonyl (C=O) groups excluding carboxylic acids is 2. The van der Waals surface area contributed by atoms with Gasteiger partial charge >= 0.3 is 5.97 Å². The Morgan fingerprint density at radius 3 is 2.33 bits per heavy atom. The average Bonchev–Trinajstić information content (AvgIpc) is 2.44. The number of nitrogens with zero attached hydrogens (tertiary/aromatic N) is 1. The van der Waals surface area contributed by atoms with Crippen molar-refractivity contribution in [3.05, 3.63) is 58.3 Å². The molecule has 1 N–H and O–H groups in total. The van der Waals surface area contributed by atoms with E-state index in [1.807, 2.05) is 0 Å². The highest BCUT2D eigenvalue weighted by molar-refractivity contribution is 6.35. The number of nitrogens with one attached hydrogen (secondary N) is 1. The van der Waals surface area contributed by atoms with E-state index in [4.69, 9.17) is 27.9 Å². The van der Waals surface area contributed by atoms with Crippen molar-refractivity contribution in [2.45, 2.75) is 0 Å². The highest BCUT2D eigenvalue weighted by atomic mass is 35.5. The molecular weight excluding hydrogens is 315 g/mol. The highest BCUT2D eigenvalue weighted by Gasteiger charge is 2.10. The molecule has 0 spiro atoms. The second kappa shape index (κ2) is 7.06. The minimum Gasteiger partial charge on any atom is -0.452 e. The van der Waals surface area contributed by atoms with Crippen molar-refractivity contribution < 1.29 is 14.3 Å². The Morgan fingerprint density at radius 1 is 1.10 bits per heavy atom. The summed E-state index contributed by atoms with van der Waals surface area (Å²) in [6.07, 6.45) is 2.93. The van der Waals surface area contributed by atoms with Crippen molar-refractivity contribution in [1.82, 2.24) is 4.98 Å². The molecule has 0 aliphatic heterocycles. The number of aromatic nitrogens is 1. The first-order valence-electron chi connectivity index (χ1n) is 5.88. The maximum atomic E-state index is 11.7. The second-order valence-electron chi connectivity index (χ2n) is 4.02. The van der Waals surface area contributed by atoms with Gasteiger partial charge in [-0.3, -0.25) is 9.78 Å². The van der Waals surface area contributed by atoms with Crippen molar-refractivity contribution in [2.24, 2.45) is 0 Å². The molecule has 1 heterocycles. The summed E-state index contributed by atoms with van der Waals surface area (Å²) in [5.41, 5.74) is 0.751. The number of carbonyl (C=O) groups is 2. The lowest BCUT2D eigenvalue weighted by Crippen LogP contribution is -2.20. The Balaban J connectivity index is 1.89. The number of pyridine rings is 1. The van der Waals surface area contributed by atoms with Crippen LogP contribution in [0.1, 0.15) is 10.4 Å². The topological polar surface area (TPSA) is 68.3 Å². The molecule has 0 aliphatic carbocycles. The van der Waals surface area contributed by atoms with Crippen molar-refractivity contribution in [2.75, 3.05) is 11.9 Å². The molecule has 2 aromatic rings. The van der Waals surface area contributed by atoms with E-state index in [1.54, 1.807) is 6.07 Å². The van der Waals surface area contributed by atoms with Gasteiger partial charge < -0.3 is 10.1 Å². The number of rotatable bonds is 4. The lowest BCUT2D eigenvalue weighted by molar-refractivity contribution is -0.119. The molecule has 2 rings (SSSR count). The number of ether oxygens (including phenoxy) is 1. The van der Waals surface area contributed by atoms with Gasteiger partial charge in [-0.2, -0.15) is 0 Å². The molecule has 1 amide bonds. The largest absolute Gasteiger partial charge is 0.452 e. The quantitative estimate of drug-likeness (QED) is 0.877. The Hall–Kier alpha value is -2.11. The van der Waals surface area contributed by atoms with Crippen LogP contribution in [-0.2, 0) is 9.53 Å². The lowest BCUT2D eigenvalue weighted by atomic mass is 10.3. The zero-order chi connectivity index (χ0) is 15.2. The van der Waals surface area contributed by atoms with Gasteiger partial charge in [0.25, 0.3) is 5.91 Å². The fourth-order valence-corrected chi connectivity index (χ4v) is 2.05. The van der Waals surface area contributed by atoms with Crippen molar-refractivity contribution in [3.8, 4) is 0 Å². The Morgan fingerprint density at radius 2 is 1.71 bits per heavy atom. The zero-order valence-corrected chi connectivity index (χ0v) is 12.2. The smallest absolute Gasteiger partial charge is 0.338 e. The van der Waals surface area contributed by atoms with Crippen LogP contribution in [0, 0.1) is 0 Å². The summed E-state index contributed by atoms with van der Waals surface area (Å²) in [7, 11) is 0. The van der Waals surface area contributed by atoms with Crippen molar-refractivity contribution in [1.29, 1.82) is 0 Å². The molecule has 108 valence electrons. The SMILES string of the molecule is O=C(COC(=O)c1ccncc1)Nc1cc(Cl)cc(Cl)c1. The molecule has 5 nitrogen and oxygen atoms in total. The fraction of sp³-hybridized carbons (Fsp3) is 0.0714. The molecule has 1 aromatic carbocycles. The van der Waals surface area contributed by atoms with Gasteiger partial charge in [0.15, 0.2) is 6.61 Å². The van der Waals surface area contributed by atoms with Crippen LogP contribution in [0.25, 0.3) is 0 Å². The van der Waals surface area contributed by atoms with E-state index in [1.165, 1.54) is 36.7 Å². The average molecular weight is 325 g/mol. The first-order chi connectivity index (χ1) is 10.0. The summed E-state index contributed by atoms with van der Waals surface area (Å²) in [5.74, 6) is -1.09. The molecule has 21 heavy (non-hydrogen) atoms. The standard InChI is InChI=1S/C14H10Cl2N2O3/c15-10-5-11(16)7-12(6-10)18-13(19)8-21-14(20)9-1-3-17-4-2-9/h1-7H,8H2,(H,18,19). The summed E-state index contributed by atoms with van der Waals surface area (Å²) in [4.78, 5) is 27.1. The summed E-state index contributed by atoms with van der Waals surface area (Å²) >= 11 is 11.6. The van der Waals surface area contributed by atoms with E-state index >= 15 is 0 Å². The first kappa shape index (κ1) is 15.3. The van der Waals surface area contributed by atoms with Gasteiger partial charge in [0.1, 0.15) is 0 Å². The predicted molar refractivity (Wildman–Crippen MR) is 79.6 cm³/mol. The van der Waals surface area contributed by atoms with Crippen LogP contribution in [0.4, 0.5) is 5.69 Å². The highest BCUT2D eigenvalue weighted by Crippen LogP contribution is 2.22. The summed E-state index contributed by atoms with van der Waals surface area (Å²) < 4.78 is 4.88. The van der Waals surface area contributed by atoms with Crippen LogP contribution in [-0.4, -0.2) is 23.5 Å². The number of halogens is 2. The van der Waals surface area contributed by atoms with Gasteiger partial charge in [0.2, 0.25) is 0 Å². The Kier molecular flexibility index (Phi) is 5.14. The molecule has 1 aromatic heterocycles. The van der Waals surface area contributed by atoms with Crippen LogP contribution < -0.4 is 5.32 Å². The third-order valence-corrected chi connectivity index (χ3v) is 2.83. The number of anilines is 1. The molecule has 0 unspecified atom stereocenters. The summed E-state index contributed by atoms with van der Waals surface area (Å²) in [6, 6.07) is 7.61. The summed E-state index contributed by atoms with van der Waals surface area (Å²) in [5, 5.41) is 3.32. The fourth-order valence-electron chi connectivity index (χ4n) is 1.53. The van der Waals surface area contributed by atoms with E-state index in [0.717, 1.165) is 0 Å². The minimum atomic E-state index is -0.600. The molecule has 0 aliphatic rings. The van der Waals surface area contributed by atoms with Crippen molar-refractivity contribution >= 4 is 40.8 Å². The third-order valence-electron chi connectivity index (χ3n) is 2.40. The molecule has 0 saturated heterocycles. The minimum absolute atomic E-state index is 0.323. The van der Waals surface area contributed by atoms with Crippen LogP contribution >= 0.6 is 23.2 Å². The van der Waals surface area contributed by atoms with Gasteiger partial charge in [-0.1, -0.05) is 23.2 Å². The molecule has 0 saturated carbocycles. The van der Waals surface area contributed by atoms with Gasteiger partial charge in [-0.25, -0.2) is 4.79 Å². The van der Waals surface area contributed by atoms with Crippen LogP contribution in [0.3, 0.4) is 0 Å². The maximum Gasteiger partial charge on any atom is 0.338 e. The third kappa shape index (κ3) is 4.73.